The zero-order valence-corrected chi connectivity index (χ0v) is 9.81. The second-order valence-electron chi connectivity index (χ2n) is 3.52. The summed E-state index contributed by atoms with van der Waals surface area (Å²) in [7, 11) is 0. The van der Waals surface area contributed by atoms with E-state index in [0.29, 0.717) is 17.1 Å². The van der Waals surface area contributed by atoms with Gasteiger partial charge >= 0.3 is 0 Å². The second-order valence-corrected chi connectivity index (χ2v) is 4.58. The lowest BCUT2D eigenvalue weighted by Crippen LogP contribution is -1.99. The third kappa shape index (κ3) is 2.83. The van der Waals surface area contributed by atoms with E-state index in [0.717, 1.165) is 30.0 Å². The number of nitrogens with zero attached hydrogens (tertiary/aromatic N) is 2. The van der Waals surface area contributed by atoms with Crippen LogP contribution in [0, 0.1) is 11.6 Å². The van der Waals surface area contributed by atoms with Gasteiger partial charge in [0.05, 0.1) is 0 Å². The molecule has 0 aliphatic rings. The van der Waals surface area contributed by atoms with Gasteiger partial charge in [0, 0.05) is 12.0 Å². The highest BCUT2D eigenvalue weighted by Crippen LogP contribution is 2.25. The van der Waals surface area contributed by atoms with Gasteiger partial charge in [0.1, 0.15) is 10.0 Å². The maximum atomic E-state index is 13.0. The Balaban J connectivity index is 2.21. The Morgan fingerprint density at radius 3 is 2.71 bits per heavy atom. The Morgan fingerprint density at radius 1 is 1.18 bits per heavy atom. The van der Waals surface area contributed by atoms with Crippen molar-refractivity contribution in [1.82, 2.24) is 10.2 Å². The number of aromatic nitrogens is 2. The Bertz CT molecular complexity index is 513. The molecule has 2 N–H and O–H groups in total. The molecule has 0 unspecified atom stereocenters. The summed E-state index contributed by atoms with van der Waals surface area (Å²) in [5, 5.41) is 9.38. The molecule has 6 heteroatoms. The molecule has 0 bridgehead atoms. The van der Waals surface area contributed by atoms with Gasteiger partial charge in [0.2, 0.25) is 0 Å². The zero-order valence-electron chi connectivity index (χ0n) is 8.99. The van der Waals surface area contributed by atoms with Crippen molar-refractivity contribution in [2.75, 3.05) is 6.54 Å². The summed E-state index contributed by atoms with van der Waals surface area (Å²) in [4.78, 5) is 0. The minimum atomic E-state index is -0.874. The predicted octanol–water partition coefficient (Wildman–Crippen LogP) is 2.37. The molecule has 2 aromatic rings. The number of hydrogen-bond acceptors (Lipinski definition) is 4. The maximum absolute atomic E-state index is 13.0. The first-order valence-corrected chi connectivity index (χ1v) is 6.00. The van der Waals surface area contributed by atoms with Gasteiger partial charge in [-0.3, -0.25) is 0 Å². The highest BCUT2D eigenvalue weighted by molar-refractivity contribution is 7.14. The molecule has 0 spiro atoms. The van der Waals surface area contributed by atoms with Gasteiger partial charge in [0.15, 0.2) is 11.6 Å². The molecule has 0 atom stereocenters. The summed E-state index contributed by atoms with van der Waals surface area (Å²) in [6.45, 7) is 0.597. The Hall–Kier alpha value is -1.40. The van der Waals surface area contributed by atoms with Crippen molar-refractivity contribution in [1.29, 1.82) is 0 Å². The van der Waals surface area contributed by atoms with Crippen LogP contribution in [0.25, 0.3) is 10.6 Å². The number of rotatable bonds is 4. The van der Waals surface area contributed by atoms with E-state index in [9.17, 15) is 8.78 Å². The van der Waals surface area contributed by atoms with E-state index in [1.54, 1.807) is 0 Å². The Morgan fingerprint density at radius 2 is 2.00 bits per heavy atom. The van der Waals surface area contributed by atoms with Crippen molar-refractivity contribution in [2.45, 2.75) is 12.8 Å². The van der Waals surface area contributed by atoms with Crippen LogP contribution < -0.4 is 5.73 Å². The Kier molecular flexibility index (Phi) is 3.75. The number of nitrogens with two attached hydrogens (primary N) is 1. The molecule has 1 aromatic carbocycles. The standard InChI is InChI=1S/C11H11F2N3S/c12-8-4-3-7(6-9(8)13)11-16-15-10(17-11)2-1-5-14/h3-4,6H,1-2,5,14H2. The first-order chi connectivity index (χ1) is 8.20. The molecule has 0 radical (unpaired) electrons. The van der Waals surface area contributed by atoms with E-state index in [1.807, 2.05) is 0 Å². The number of halogens is 2. The SMILES string of the molecule is NCCCc1nnc(-c2ccc(F)c(F)c2)s1. The molecule has 0 aliphatic heterocycles. The van der Waals surface area contributed by atoms with Crippen LogP contribution in [-0.2, 0) is 6.42 Å². The van der Waals surface area contributed by atoms with Crippen LogP contribution in [0.4, 0.5) is 8.78 Å². The fourth-order valence-electron chi connectivity index (χ4n) is 1.35. The lowest BCUT2D eigenvalue weighted by Gasteiger charge is -1.96. The van der Waals surface area contributed by atoms with Gasteiger partial charge in [0.25, 0.3) is 0 Å². The average Bonchev–Trinajstić information content (AvgIpc) is 2.79. The molecule has 90 valence electrons. The average molecular weight is 255 g/mol. The van der Waals surface area contributed by atoms with Crippen molar-refractivity contribution in [3.8, 4) is 10.6 Å². The molecule has 2 rings (SSSR count). The molecule has 17 heavy (non-hydrogen) atoms. The summed E-state index contributed by atoms with van der Waals surface area (Å²) >= 11 is 1.37. The number of aryl methyl sites for hydroxylation is 1. The third-order valence-corrected chi connectivity index (χ3v) is 3.26. The van der Waals surface area contributed by atoms with Crippen LogP contribution in [0.1, 0.15) is 11.4 Å². The molecular formula is C11H11F2N3S. The van der Waals surface area contributed by atoms with Gasteiger partial charge in [-0.2, -0.15) is 0 Å². The lowest BCUT2D eigenvalue weighted by atomic mass is 10.2. The largest absolute Gasteiger partial charge is 0.330 e. The summed E-state index contributed by atoms with van der Waals surface area (Å²) in [5.41, 5.74) is 5.94. The van der Waals surface area contributed by atoms with Crippen molar-refractivity contribution in [3.05, 3.63) is 34.8 Å². The summed E-state index contributed by atoms with van der Waals surface area (Å²) in [6.07, 6.45) is 1.60. The second kappa shape index (κ2) is 5.29. The van der Waals surface area contributed by atoms with Gasteiger partial charge in [-0.05, 0) is 31.2 Å². The zero-order chi connectivity index (χ0) is 12.3. The van der Waals surface area contributed by atoms with Crippen LogP contribution in [0.3, 0.4) is 0 Å². The van der Waals surface area contributed by atoms with E-state index in [2.05, 4.69) is 10.2 Å². The van der Waals surface area contributed by atoms with Crippen LogP contribution in [0.5, 0.6) is 0 Å². The quantitative estimate of drug-likeness (QED) is 0.912. The first-order valence-electron chi connectivity index (χ1n) is 5.18. The monoisotopic (exact) mass is 255 g/mol. The third-order valence-electron chi connectivity index (χ3n) is 2.23. The van der Waals surface area contributed by atoms with Crippen molar-refractivity contribution < 1.29 is 8.78 Å². The smallest absolute Gasteiger partial charge is 0.159 e. The van der Waals surface area contributed by atoms with Crippen LogP contribution in [-0.4, -0.2) is 16.7 Å². The van der Waals surface area contributed by atoms with Crippen LogP contribution in [0.15, 0.2) is 18.2 Å². The van der Waals surface area contributed by atoms with E-state index < -0.39 is 11.6 Å². The van der Waals surface area contributed by atoms with Crippen molar-refractivity contribution >= 4 is 11.3 Å². The fourth-order valence-corrected chi connectivity index (χ4v) is 2.23. The van der Waals surface area contributed by atoms with Gasteiger partial charge in [-0.25, -0.2) is 8.78 Å². The van der Waals surface area contributed by atoms with Gasteiger partial charge in [-0.1, -0.05) is 11.3 Å². The van der Waals surface area contributed by atoms with Crippen LogP contribution in [0.2, 0.25) is 0 Å². The highest BCUT2D eigenvalue weighted by atomic mass is 32.1. The Labute approximate surface area is 101 Å². The molecule has 3 nitrogen and oxygen atoms in total. The highest BCUT2D eigenvalue weighted by Gasteiger charge is 2.09. The van der Waals surface area contributed by atoms with E-state index >= 15 is 0 Å². The molecule has 0 saturated carbocycles. The molecule has 1 heterocycles. The van der Waals surface area contributed by atoms with Crippen molar-refractivity contribution in [3.63, 3.8) is 0 Å². The minimum Gasteiger partial charge on any atom is -0.330 e. The van der Waals surface area contributed by atoms with Gasteiger partial charge < -0.3 is 5.73 Å². The summed E-state index contributed by atoms with van der Waals surface area (Å²) < 4.78 is 25.8. The normalized spacial score (nSPS) is 10.8. The summed E-state index contributed by atoms with van der Waals surface area (Å²) in [5.74, 6) is -1.73. The predicted molar refractivity (Wildman–Crippen MR) is 62.6 cm³/mol. The van der Waals surface area contributed by atoms with E-state index in [-0.39, 0.29) is 0 Å². The molecule has 1 aromatic heterocycles. The molecule has 0 amide bonds. The maximum Gasteiger partial charge on any atom is 0.159 e. The number of hydrogen-bond donors (Lipinski definition) is 1. The molecule has 0 aliphatic carbocycles. The topological polar surface area (TPSA) is 51.8 Å². The fraction of sp³-hybridized carbons (Fsp3) is 0.273. The van der Waals surface area contributed by atoms with Crippen LogP contribution >= 0.6 is 11.3 Å². The molecular weight excluding hydrogens is 244 g/mol. The first kappa shape index (κ1) is 12.1. The summed E-state index contributed by atoms with van der Waals surface area (Å²) in [6, 6.07) is 3.71. The number of benzene rings is 1. The van der Waals surface area contributed by atoms with Gasteiger partial charge in [-0.15, -0.1) is 10.2 Å². The molecule has 0 fully saturated rings. The molecule has 0 saturated heterocycles. The van der Waals surface area contributed by atoms with E-state index in [4.69, 9.17) is 5.73 Å². The minimum absolute atomic E-state index is 0.542. The van der Waals surface area contributed by atoms with Crippen molar-refractivity contribution in [2.24, 2.45) is 5.73 Å². The lowest BCUT2D eigenvalue weighted by molar-refractivity contribution is 0.509. The van der Waals surface area contributed by atoms with E-state index in [1.165, 1.54) is 17.4 Å².